The summed E-state index contributed by atoms with van der Waals surface area (Å²) in [6, 6.07) is 10.2. The van der Waals surface area contributed by atoms with E-state index in [1.165, 1.54) is 6.33 Å². The van der Waals surface area contributed by atoms with Gasteiger partial charge in [0.1, 0.15) is 18.0 Å². The first-order valence-electron chi connectivity index (χ1n) is 7.28. The summed E-state index contributed by atoms with van der Waals surface area (Å²) in [6.45, 7) is 0.950. The number of carbonyl (C=O) groups excluding carboxylic acids is 1. The van der Waals surface area contributed by atoms with Crippen LogP contribution in [-0.2, 0) is 0 Å². The van der Waals surface area contributed by atoms with E-state index in [2.05, 4.69) is 25.6 Å². The summed E-state index contributed by atoms with van der Waals surface area (Å²) >= 11 is 5.80. The Morgan fingerprint density at radius 1 is 1.08 bits per heavy atom. The predicted molar refractivity (Wildman–Crippen MR) is 94.0 cm³/mol. The third kappa shape index (κ3) is 3.69. The van der Waals surface area contributed by atoms with Crippen LogP contribution in [-0.4, -0.2) is 33.9 Å². The van der Waals surface area contributed by atoms with Crippen molar-refractivity contribution in [2.75, 3.05) is 24.1 Å². The number of hydrogen-bond acceptors (Lipinski definition) is 6. The Hall–Kier alpha value is -2.93. The molecule has 2 aromatic heterocycles. The lowest BCUT2D eigenvalue weighted by Gasteiger charge is -2.09. The summed E-state index contributed by atoms with van der Waals surface area (Å²) in [5, 5.41) is 7.35. The maximum Gasteiger partial charge on any atom is 0.251 e. The number of amides is 1. The molecule has 0 radical (unpaired) electrons. The number of aromatic nitrogens is 3. The molecule has 8 heteroatoms. The molecule has 24 heavy (non-hydrogen) atoms. The second-order valence-electron chi connectivity index (χ2n) is 5.02. The average Bonchev–Trinajstić information content (AvgIpc) is 2.59. The molecule has 7 nitrogen and oxygen atoms in total. The first-order chi connectivity index (χ1) is 11.6. The molecule has 0 saturated carbocycles. The van der Waals surface area contributed by atoms with Gasteiger partial charge in [-0.3, -0.25) is 4.79 Å². The van der Waals surface area contributed by atoms with Gasteiger partial charge >= 0.3 is 0 Å². The predicted octanol–water partition coefficient (Wildman–Crippen LogP) is 2.10. The van der Waals surface area contributed by atoms with E-state index >= 15 is 0 Å². The lowest BCUT2D eigenvalue weighted by atomic mass is 10.2. The molecule has 1 amide bonds. The van der Waals surface area contributed by atoms with Crippen LogP contribution in [0.3, 0.4) is 0 Å². The highest BCUT2D eigenvalue weighted by Gasteiger charge is 2.06. The highest BCUT2D eigenvalue weighted by molar-refractivity contribution is 6.30. The molecule has 0 aliphatic heterocycles. The fourth-order valence-electron chi connectivity index (χ4n) is 2.16. The van der Waals surface area contributed by atoms with E-state index in [-0.39, 0.29) is 5.91 Å². The molecular formula is C16H15ClN6O. The van der Waals surface area contributed by atoms with Crippen molar-refractivity contribution in [3.63, 3.8) is 0 Å². The van der Waals surface area contributed by atoms with Crippen molar-refractivity contribution in [2.24, 2.45) is 0 Å². The highest BCUT2D eigenvalue weighted by atomic mass is 35.5. The largest absolute Gasteiger partial charge is 0.384 e. The maximum absolute atomic E-state index is 12.0. The van der Waals surface area contributed by atoms with Crippen molar-refractivity contribution >= 4 is 40.2 Å². The molecule has 3 aromatic rings. The number of hydrogen-bond donors (Lipinski definition) is 3. The topological polar surface area (TPSA) is 106 Å². The number of nitrogens with zero attached hydrogens (tertiary/aromatic N) is 3. The van der Waals surface area contributed by atoms with Crippen molar-refractivity contribution in [1.82, 2.24) is 20.3 Å². The van der Waals surface area contributed by atoms with Crippen LogP contribution in [0.5, 0.6) is 0 Å². The van der Waals surface area contributed by atoms with Crippen LogP contribution in [0.1, 0.15) is 10.4 Å². The molecular weight excluding hydrogens is 328 g/mol. The Bertz CT molecular complexity index is 868. The van der Waals surface area contributed by atoms with Crippen molar-refractivity contribution < 1.29 is 4.79 Å². The zero-order valence-electron chi connectivity index (χ0n) is 12.7. The van der Waals surface area contributed by atoms with Gasteiger partial charge in [-0.2, -0.15) is 0 Å². The minimum absolute atomic E-state index is 0.157. The summed E-state index contributed by atoms with van der Waals surface area (Å²) in [6.07, 6.45) is 1.42. The van der Waals surface area contributed by atoms with Gasteiger partial charge in [0.2, 0.25) is 0 Å². The Kier molecular flexibility index (Phi) is 4.72. The molecule has 0 atom stereocenters. The number of rotatable bonds is 5. The normalized spacial score (nSPS) is 10.5. The molecule has 0 spiro atoms. The Labute approximate surface area is 143 Å². The number of halogens is 1. The van der Waals surface area contributed by atoms with Gasteiger partial charge in [-0.05, 0) is 36.4 Å². The van der Waals surface area contributed by atoms with Crippen molar-refractivity contribution in [3.05, 3.63) is 53.3 Å². The van der Waals surface area contributed by atoms with E-state index in [1.807, 2.05) is 6.07 Å². The van der Waals surface area contributed by atoms with E-state index in [1.54, 1.807) is 30.3 Å². The molecule has 1 aromatic carbocycles. The number of pyridine rings is 1. The highest BCUT2D eigenvalue weighted by Crippen LogP contribution is 2.18. The van der Waals surface area contributed by atoms with Gasteiger partial charge in [-0.15, -0.1) is 0 Å². The Morgan fingerprint density at radius 2 is 1.88 bits per heavy atom. The molecule has 0 bridgehead atoms. The number of nitrogens with one attached hydrogen (secondary N) is 2. The first-order valence-corrected chi connectivity index (χ1v) is 7.66. The maximum atomic E-state index is 12.0. The second-order valence-corrected chi connectivity index (χ2v) is 5.46. The van der Waals surface area contributed by atoms with Crippen molar-refractivity contribution in [2.45, 2.75) is 0 Å². The van der Waals surface area contributed by atoms with Gasteiger partial charge in [-0.25, -0.2) is 15.0 Å². The molecule has 0 unspecified atom stereocenters. The third-order valence-corrected chi connectivity index (χ3v) is 3.58. The van der Waals surface area contributed by atoms with E-state index in [0.29, 0.717) is 41.0 Å². The average molecular weight is 343 g/mol. The minimum atomic E-state index is -0.157. The number of anilines is 2. The number of fused-ring (bicyclic) bond motifs is 1. The molecule has 2 heterocycles. The summed E-state index contributed by atoms with van der Waals surface area (Å²) < 4.78 is 0. The number of carbonyl (C=O) groups is 1. The minimum Gasteiger partial charge on any atom is -0.384 e. The molecule has 122 valence electrons. The first kappa shape index (κ1) is 15.9. The molecule has 3 rings (SSSR count). The zero-order chi connectivity index (χ0) is 16.9. The van der Waals surface area contributed by atoms with Crippen LogP contribution >= 0.6 is 11.6 Å². The standard InChI is InChI=1S/C16H15ClN6O/c17-11-3-1-10(2-4-11)16(24)20-8-7-19-14-12-5-6-13(18)23-15(12)22-9-21-14/h1-6,9H,7-8H2,(H,20,24)(H3,18,19,21,22,23). The number of benzene rings is 1. The van der Waals surface area contributed by atoms with Gasteiger partial charge < -0.3 is 16.4 Å². The van der Waals surface area contributed by atoms with Gasteiger partial charge in [-0.1, -0.05) is 11.6 Å². The quantitative estimate of drug-likeness (QED) is 0.613. The van der Waals surface area contributed by atoms with Crippen LogP contribution in [0, 0.1) is 0 Å². The molecule has 0 aliphatic carbocycles. The SMILES string of the molecule is Nc1ccc2c(NCCNC(=O)c3ccc(Cl)cc3)ncnc2n1. The van der Waals surface area contributed by atoms with Crippen LogP contribution < -0.4 is 16.4 Å². The Morgan fingerprint density at radius 3 is 2.67 bits per heavy atom. The van der Waals surface area contributed by atoms with E-state index in [9.17, 15) is 4.79 Å². The fourth-order valence-corrected chi connectivity index (χ4v) is 2.28. The number of nitrogens with two attached hydrogens (primary N) is 1. The molecule has 0 aliphatic rings. The van der Waals surface area contributed by atoms with Crippen LogP contribution in [0.25, 0.3) is 11.0 Å². The van der Waals surface area contributed by atoms with Crippen LogP contribution in [0.15, 0.2) is 42.7 Å². The second kappa shape index (κ2) is 7.10. The van der Waals surface area contributed by atoms with E-state index < -0.39 is 0 Å². The summed E-state index contributed by atoms with van der Waals surface area (Å²) in [4.78, 5) is 24.4. The van der Waals surface area contributed by atoms with E-state index in [4.69, 9.17) is 17.3 Å². The van der Waals surface area contributed by atoms with Gasteiger partial charge in [0.25, 0.3) is 5.91 Å². The number of nitrogen functional groups attached to an aromatic ring is 1. The summed E-state index contributed by atoms with van der Waals surface area (Å²) in [5.74, 6) is 0.895. The van der Waals surface area contributed by atoms with Gasteiger partial charge in [0.15, 0.2) is 5.65 Å². The molecule has 0 saturated heterocycles. The smallest absolute Gasteiger partial charge is 0.251 e. The zero-order valence-corrected chi connectivity index (χ0v) is 13.4. The summed E-state index contributed by atoms with van der Waals surface area (Å²) in [7, 11) is 0. The van der Waals surface area contributed by atoms with Gasteiger partial charge in [0, 0.05) is 23.7 Å². The van der Waals surface area contributed by atoms with Crippen LogP contribution in [0.4, 0.5) is 11.6 Å². The monoisotopic (exact) mass is 342 g/mol. The van der Waals surface area contributed by atoms with Gasteiger partial charge in [0.05, 0.1) is 5.39 Å². The molecule has 0 fully saturated rings. The Balaban J connectivity index is 1.57. The summed E-state index contributed by atoms with van der Waals surface area (Å²) in [5.41, 5.74) is 6.73. The third-order valence-electron chi connectivity index (χ3n) is 3.33. The lowest BCUT2D eigenvalue weighted by molar-refractivity contribution is 0.0955. The fraction of sp³-hybridized carbons (Fsp3) is 0.125. The van der Waals surface area contributed by atoms with Crippen molar-refractivity contribution in [3.8, 4) is 0 Å². The molecule has 4 N–H and O–H groups in total. The lowest BCUT2D eigenvalue weighted by Crippen LogP contribution is -2.28. The van der Waals surface area contributed by atoms with Crippen LogP contribution in [0.2, 0.25) is 5.02 Å². The van der Waals surface area contributed by atoms with Crippen molar-refractivity contribution in [1.29, 1.82) is 0 Å². The van der Waals surface area contributed by atoms with E-state index in [0.717, 1.165) is 5.39 Å².